The smallest absolute Gasteiger partial charge is 0.416 e. The molecule has 0 atom stereocenters. The van der Waals surface area contributed by atoms with Gasteiger partial charge >= 0.3 is 6.18 Å². The maximum atomic E-state index is 13.2. The van der Waals surface area contributed by atoms with Crippen molar-refractivity contribution in [3.63, 3.8) is 0 Å². The lowest BCUT2D eigenvalue weighted by molar-refractivity contribution is -0.137. The molecule has 29 heavy (non-hydrogen) atoms. The molecule has 0 radical (unpaired) electrons. The molecule has 0 aliphatic carbocycles. The molecule has 4 nitrogen and oxygen atoms in total. The summed E-state index contributed by atoms with van der Waals surface area (Å²) in [5.74, 6) is 0.0955. The van der Waals surface area contributed by atoms with E-state index in [1.54, 1.807) is 24.3 Å². The van der Waals surface area contributed by atoms with Gasteiger partial charge in [-0.15, -0.1) is 0 Å². The second-order valence-electron chi connectivity index (χ2n) is 6.84. The number of nitrogens with one attached hydrogen (secondary N) is 1. The molecular weight excluding hydrogens is 381 g/mol. The lowest BCUT2D eigenvalue weighted by atomic mass is 10.1. The van der Waals surface area contributed by atoms with Gasteiger partial charge in [-0.3, -0.25) is 4.79 Å². The van der Waals surface area contributed by atoms with Gasteiger partial charge in [0.15, 0.2) is 0 Å². The Balaban J connectivity index is 1.85. The fourth-order valence-electron chi connectivity index (χ4n) is 3.37. The van der Waals surface area contributed by atoms with Crippen LogP contribution in [0.1, 0.15) is 30.4 Å². The standard InChI is InChI=1S/C22H23F3N2O2/c1-29-20-8-4-3-7-16(20)9-12-21(28)26-18-15-17(22(23,24)25)10-11-19(18)27-13-5-2-6-14-27/h3-4,7-12,15H,2,5-6,13-14H2,1H3,(H,26,28)/b12-9+. The Morgan fingerprint density at radius 3 is 2.52 bits per heavy atom. The van der Waals surface area contributed by atoms with E-state index in [2.05, 4.69) is 5.32 Å². The molecule has 3 rings (SSSR count). The van der Waals surface area contributed by atoms with E-state index < -0.39 is 17.6 Å². The number of benzene rings is 2. The fourth-order valence-corrected chi connectivity index (χ4v) is 3.37. The number of ether oxygens (including phenoxy) is 1. The van der Waals surface area contributed by atoms with Crippen molar-refractivity contribution in [2.45, 2.75) is 25.4 Å². The van der Waals surface area contributed by atoms with Gasteiger partial charge in [-0.2, -0.15) is 13.2 Å². The molecule has 0 saturated carbocycles. The monoisotopic (exact) mass is 404 g/mol. The molecule has 1 heterocycles. The molecule has 1 aliphatic rings. The number of nitrogens with zero attached hydrogens (tertiary/aromatic N) is 1. The minimum absolute atomic E-state index is 0.163. The van der Waals surface area contributed by atoms with Crippen LogP contribution in [0, 0.1) is 0 Å². The zero-order valence-corrected chi connectivity index (χ0v) is 16.1. The van der Waals surface area contributed by atoms with E-state index in [0.29, 0.717) is 17.0 Å². The fraction of sp³-hybridized carbons (Fsp3) is 0.318. The number of carbonyl (C=O) groups excluding carboxylic acids is 1. The number of methoxy groups -OCH3 is 1. The zero-order valence-electron chi connectivity index (χ0n) is 16.1. The van der Waals surface area contributed by atoms with Crippen molar-refractivity contribution >= 4 is 23.4 Å². The predicted octanol–water partition coefficient (Wildman–Crippen LogP) is 5.36. The van der Waals surface area contributed by atoms with Crippen molar-refractivity contribution in [2.75, 3.05) is 30.4 Å². The lowest BCUT2D eigenvalue weighted by Gasteiger charge is -2.31. The SMILES string of the molecule is COc1ccccc1/C=C/C(=O)Nc1cc(C(F)(F)F)ccc1N1CCCCC1. The molecule has 1 fully saturated rings. The van der Waals surface area contributed by atoms with E-state index in [4.69, 9.17) is 4.74 Å². The average molecular weight is 404 g/mol. The molecule has 7 heteroatoms. The van der Waals surface area contributed by atoms with Crippen LogP contribution in [0.2, 0.25) is 0 Å². The molecule has 154 valence electrons. The number of rotatable bonds is 5. The number of hydrogen-bond acceptors (Lipinski definition) is 3. The highest BCUT2D eigenvalue weighted by Gasteiger charge is 2.31. The van der Waals surface area contributed by atoms with Crippen LogP contribution in [0.3, 0.4) is 0 Å². The second-order valence-corrected chi connectivity index (χ2v) is 6.84. The van der Waals surface area contributed by atoms with Crippen molar-refractivity contribution in [1.82, 2.24) is 0 Å². The first kappa shape index (κ1) is 20.8. The maximum absolute atomic E-state index is 13.2. The molecule has 0 aromatic heterocycles. The van der Waals surface area contributed by atoms with Gasteiger partial charge in [-0.05, 0) is 49.6 Å². The average Bonchev–Trinajstić information content (AvgIpc) is 2.72. The van der Waals surface area contributed by atoms with E-state index in [1.807, 2.05) is 11.0 Å². The van der Waals surface area contributed by atoms with Crippen LogP contribution in [0.15, 0.2) is 48.5 Å². The number of piperidine rings is 1. The Hall–Kier alpha value is -2.96. The van der Waals surface area contributed by atoms with Gasteiger partial charge in [0.05, 0.1) is 24.0 Å². The van der Waals surface area contributed by atoms with Crippen LogP contribution in [0.25, 0.3) is 6.08 Å². The first-order valence-corrected chi connectivity index (χ1v) is 9.47. The number of alkyl halides is 3. The lowest BCUT2D eigenvalue weighted by Crippen LogP contribution is -2.30. The number of amides is 1. The largest absolute Gasteiger partial charge is 0.496 e. The molecule has 2 aromatic carbocycles. The van der Waals surface area contributed by atoms with Gasteiger partial charge in [-0.25, -0.2) is 0 Å². The number of para-hydroxylation sites is 1. The molecule has 0 unspecified atom stereocenters. The minimum Gasteiger partial charge on any atom is -0.496 e. The van der Waals surface area contributed by atoms with Crippen LogP contribution in [0.4, 0.5) is 24.5 Å². The Morgan fingerprint density at radius 2 is 1.83 bits per heavy atom. The van der Waals surface area contributed by atoms with Gasteiger partial charge in [0.1, 0.15) is 5.75 Å². The number of hydrogen-bond donors (Lipinski definition) is 1. The highest BCUT2D eigenvalue weighted by Crippen LogP contribution is 2.36. The summed E-state index contributed by atoms with van der Waals surface area (Å²) in [6.07, 6.45) is 1.43. The molecule has 1 amide bonds. The Morgan fingerprint density at radius 1 is 1.10 bits per heavy atom. The summed E-state index contributed by atoms with van der Waals surface area (Å²) in [6.45, 7) is 1.51. The zero-order chi connectivity index (χ0) is 20.9. The summed E-state index contributed by atoms with van der Waals surface area (Å²) in [6, 6.07) is 10.7. The van der Waals surface area contributed by atoms with Crippen molar-refractivity contribution in [3.8, 4) is 5.75 Å². The van der Waals surface area contributed by atoms with E-state index in [1.165, 1.54) is 19.3 Å². The van der Waals surface area contributed by atoms with Crippen molar-refractivity contribution in [1.29, 1.82) is 0 Å². The van der Waals surface area contributed by atoms with E-state index in [-0.39, 0.29) is 5.69 Å². The third-order valence-corrected chi connectivity index (χ3v) is 4.83. The van der Waals surface area contributed by atoms with Crippen LogP contribution in [-0.2, 0) is 11.0 Å². The summed E-state index contributed by atoms with van der Waals surface area (Å²) in [5.41, 5.74) is 0.681. The minimum atomic E-state index is -4.48. The third-order valence-electron chi connectivity index (χ3n) is 4.83. The molecule has 1 aliphatic heterocycles. The number of carbonyl (C=O) groups is 1. The first-order chi connectivity index (χ1) is 13.9. The molecule has 0 bridgehead atoms. The van der Waals surface area contributed by atoms with Crippen LogP contribution in [0.5, 0.6) is 5.75 Å². The quantitative estimate of drug-likeness (QED) is 0.683. The Kier molecular flexibility index (Phi) is 6.46. The Bertz CT molecular complexity index is 888. The van der Waals surface area contributed by atoms with Gasteiger partial charge < -0.3 is 15.0 Å². The molecular formula is C22H23F3N2O2. The first-order valence-electron chi connectivity index (χ1n) is 9.47. The topological polar surface area (TPSA) is 41.6 Å². The van der Waals surface area contributed by atoms with E-state index in [9.17, 15) is 18.0 Å². The summed E-state index contributed by atoms with van der Waals surface area (Å²) < 4.78 is 44.8. The van der Waals surface area contributed by atoms with Crippen molar-refractivity contribution in [3.05, 3.63) is 59.7 Å². The van der Waals surface area contributed by atoms with Gasteiger partial charge in [-0.1, -0.05) is 18.2 Å². The predicted molar refractivity (Wildman–Crippen MR) is 108 cm³/mol. The van der Waals surface area contributed by atoms with Crippen molar-refractivity contribution < 1.29 is 22.7 Å². The summed E-state index contributed by atoms with van der Waals surface area (Å²) >= 11 is 0. The van der Waals surface area contributed by atoms with Crippen LogP contribution >= 0.6 is 0 Å². The van der Waals surface area contributed by atoms with E-state index in [0.717, 1.165) is 44.5 Å². The number of anilines is 2. The van der Waals surface area contributed by atoms with Gasteiger partial charge in [0.25, 0.3) is 0 Å². The summed E-state index contributed by atoms with van der Waals surface area (Å²) in [5, 5.41) is 2.62. The molecule has 1 saturated heterocycles. The van der Waals surface area contributed by atoms with Crippen LogP contribution in [-0.4, -0.2) is 26.1 Å². The second kappa shape index (κ2) is 9.03. The van der Waals surface area contributed by atoms with Gasteiger partial charge in [0, 0.05) is 24.7 Å². The van der Waals surface area contributed by atoms with Crippen LogP contribution < -0.4 is 15.0 Å². The highest BCUT2D eigenvalue weighted by atomic mass is 19.4. The normalized spacial score (nSPS) is 14.8. The van der Waals surface area contributed by atoms with E-state index >= 15 is 0 Å². The molecule has 0 spiro atoms. The summed E-state index contributed by atoms with van der Waals surface area (Å²) in [4.78, 5) is 14.5. The maximum Gasteiger partial charge on any atom is 0.416 e. The number of halogens is 3. The summed E-state index contributed by atoms with van der Waals surface area (Å²) in [7, 11) is 1.53. The molecule has 1 N–H and O–H groups in total. The third kappa shape index (κ3) is 5.31. The highest BCUT2D eigenvalue weighted by molar-refractivity contribution is 6.04. The van der Waals surface area contributed by atoms with Gasteiger partial charge in [0.2, 0.25) is 5.91 Å². The van der Waals surface area contributed by atoms with Crippen molar-refractivity contribution in [2.24, 2.45) is 0 Å². The molecule has 2 aromatic rings. The Labute approximate surface area is 168 Å².